The number of carbonyl (C=O) groups is 1. The number of piperidine rings is 1. The fraction of sp³-hybridized carbons (Fsp3) is 0.577. The van der Waals surface area contributed by atoms with Crippen LogP contribution in [0, 0.1) is 5.92 Å². The summed E-state index contributed by atoms with van der Waals surface area (Å²) in [5.41, 5.74) is 1.40. The van der Waals surface area contributed by atoms with Gasteiger partial charge in [0.05, 0.1) is 19.1 Å². The monoisotopic (exact) mass is 411 g/mol. The first kappa shape index (κ1) is 22.6. The molecule has 164 valence electrons. The number of fused-ring (bicyclic) bond motifs is 1. The highest BCUT2D eigenvalue weighted by Gasteiger charge is 2.20. The summed E-state index contributed by atoms with van der Waals surface area (Å²) in [5, 5.41) is 5.79. The SMILES string of the molecule is CCc1ccc2cc(OC3CCCCCC3)ccc2c1.COC(=O)C1CCNCC1. The number of hydrogen-bond donors (Lipinski definition) is 1. The first-order valence-electron chi connectivity index (χ1n) is 11.7. The van der Waals surface area contributed by atoms with E-state index in [-0.39, 0.29) is 11.9 Å². The van der Waals surface area contributed by atoms with Crippen molar-refractivity contribution >= 4 is 16.7 Å². The van der Waals surface area contributed by atoms with Crippen molar-refractivity contribution in [2.24, 2.45) is 5.92 Å². The molecular weight excluding hydrogens is 374 g/mol. The summed E-state index contributed by atoms with van der Waals surface area (Å²) in [6, 6.07) is 13.2. The van der Waals surface area contributed by atoms with Gasteiger partial charge in [-0.3, -0.25) is 4.79 Å². The zero-order chi connectivity index (χ0) is 21.2. The molecule has 0 bridgehead atoms. The minimum absolute atomic E-state index is 0.0542. The predicted molar refractivity (Wildman–Crippen MR) is 123 cm³/mol. The van der Waals surface area contributed by atoms with Gasteiger partial charge in [-0.2, -0.15) is 0 Å². The highest BCUT2D eigenvalue weighted by Crippen LogP contribution is 2.26. The summed E-state index contributed by atoms with van der Waals surface area (Å²) in [5.74, 6) is 1.13. The Morgan fingerprint density at radius 3 is 2.27 bits per heavy atom. The number of ether oxygens (including phenoxy) is 2. The van der Waals surface area contributed by atoms with E-state index in [4.69, 9.17) is 4.74 Å². The topological polar surface area (TPSA) is 47.6 Å². The molecule has 0 amide bonds. The fourth-order valence-electron chi connectivity index (χ4n) is 4.34. The van der Waals surface area contributed by atoms with Gasteiger partial charge in [0.15, 0.2) is 0 Å². The summed E-state index contributed by atoms with van der Waals surface area (Å²) in [6.07, 6.45) is 11.2. The molecule has 4 nitrogen and oxygen atoms in total. The van der Waals surface area contributed by atoms with Gasteiger partial charge in [-0.15, -0.1) is 0 Å². The van der Waals surface area contributed by atoms with E-state index < -0.39 is 0 Å². The van der Waals surface area contributed by atoms with Crippen molar-refractivity contribution in [3.8, 4) is 5.75 Å². The quantitative estimate of drug-likeness (QED) is 0.521. The molecule has 1 N–H and O–H groups in total. The Bertz CT molecular complexity index is 790. The molecule has 1 aliphatic carbocycles. The fourth-order valence-corrected chi connectivity index (χ4v) is 4.34. The molecule has 1 saturated heterocycles. The molecule has 2 aliphatic rings. The van der Waals surface area contributed by atoms with Gasteiger partial charge in [-0.25, -0.2) is 0 Å². The number of carbonyl (C=O) groups excluding carboxylic acids is 1. The molecular formula is C26H37NO3. The number of esters is 1. The predicted octanol–water partition coefficient (Wildman–Crippen LogP) is 5.66. The minimum atomic E-state index is -0.0542. The lowest BCUT2D eigenvalue weighted by Gasteiger charge is -2.19. The van der Waals surface area contributed by atoms with Crippen LogP contribution in [0.3, 0.4) is 0 Å². The van der Waals surface area contributed by atoms with E-state index in [1.54, 1.807) is 0 Å². The summed E-state index contributed by atoms with van der Waals surface area (Å²) in [4.78, 5) is 10.9. The van der Waals surface area contributed by atoms with Crippen molar-refractivity contribution in [2.45, 2.75) is 70.8 Å². The molecule has 2 aromatic carbocycles. The Balaban J connectivity index is 0.000000216. The van der Waals surface area contributed by atoms with Gasteiger partial charge >= 0.3 is 5.97 Å². The number of methoxy groups -OCH3 is 1. The van der Waals surface area contributed by atoms with Gasteiger partial charge in [0.2, 0.25) is 0 Å². The van der Waals surface area contributed by atoms with Crippen LogP contribution in [0.4, 0.5) is 0 Å². The van der Waals surface area contributed by atoms with Crippen LogP contribution >= 0.6 is 0 Å². The Kier molecular flexibility index (Phi) is 9.00. The zero-order valence-corrected chi connectivity index (χ0v) is 18.6. The second-order valence-corrected chi connectivity index (χ2v) is 8.48. The van der Waals surface area contributed by atoms with Crippen molar-refractivity contribution < 1.29 is 14.3 Å². The van der Waals surface area contributed by atoms with Gasteiger partial charge < -0.3 is 14.8 Å². The number of hydrogen-bond acceptors (Lipinski definition) is 4. The Labute approximate surface area is 181 Å². The van der Waals surface area contributed by atoms with E-state index in [9.17, 15) is 4.79 Å². The van der Waals surface area contributed by atoms with Crippen LogP contribution in [0.1, 0.15) is 63.9 Å². The number of benzene rings is 2. The molecule has 4 heteroatoms. The third-order valence-electron chi connectivity index (χ3n) is 6.26. The summed E-state index contributed by atoms with van der Waals surface area (Å²) < 4.78 is 10.8. The maximum Gasteiger partial charge on any atom is 0.308 e. The average Bonchev–Trinajstić information content (AvgIpc) is 3.08. The van der Waals surface area contributed by atoms with Crippen LogP contribution in [0.2, 0.25) is 0 Å². The normalized spacial score (nSPS) is 18.2. The summed E-state index contributed by atoms with van der Waals surface area (Å²) in [6.45, 7) is 4.09. The zero-order valence-electron chi connectivity index (χ0n) is 18.6. The van der Waals surface area contributed by atoms with Crippen molar-refractivity contribution in [3.05, 3.63) is 42.0 Å². The smallest absolute Gasteiger partial charge is 0.308 e. The van der Waals surface area contributed by atoms with Crippen LogP contribution in [-0.2, 0) is 16.0 Å². The standard InChI is InChI=1S/C19H24O.C7H13NO2/c1-2-15-9-10-17-14-19(12-11-16(17)13-15)20-18-7-5-3-4-6-8-18;1-10-7(9)6-2-4-8-5-3-6/h9-14,18H,2-8H2,1H3;6,8H,2-5H2,1H3. The van der Waals surface area contributed by atoms with Gasteiger partial charge in [0, 0.05) is 0 Å². The Morgan fingerprint density at radius 1 is 0.933 bits per heavy atom. The first-order valence-corrected chi connectivity index (χ1v) is 11.7. The molecule has 1 saturated carbocycles. The molecule has 0 unspecified atom stereocenters. The highest BCUT2D eigenvalue weighted by molar-refractivity contribution is 5.84. The molecule has 30 heavy (non-hydrogen) atoms. The number of nitrogens with one attached hydrogen (secondary N) is 1. The molecule has 0 aromatic heterocycles. The molecule has 4 rings (SSSR count). The first-order chi connectivity index (χ1) is 14.7. The van der Waals surface area contributed by atoms with E-state index in [1.807, 2.05) is 0 Å². The lowest BCUT2D eigenvalue weighted by atomic mass is 9.99. The molecule has 1 heterocycles. The van der Waals surface area contributed by atoms with Crippen molar-refractivity contribution in [1.82, 2.24) is 5.32 Å². The van der Waals surface area contributed by atoms with Gasteiger partial charge in [0.1, 0.15) is 5.75 Å². The highest BCUT2D eigenvalue weighted by atomic mass is 16.5. The summed E-state index contributed by atoms with van der Waals surface area (Å²) >= 11 is 0. The van der Waals surface area contributed by atoms with Crippen LogP contribution in [-0.4, -0.2) is 32.3 Å². The van der Waals surface area contributed by atoms with Gasteiger partial charge in [0.25, 0.3) is 0 Å². The number of aryl methyl sites for hydroxylation is 1. The van der Waals surface area contributed by atoms with Gasteiger partial charge in [-0.05, 0) is 86.5 Å². The van der Waals surface area contributed by atoms with E-state index >= 15 is 0 Å². The molecule has 0 atom stereocenters. The van der Waals surface area contributed by atoms with E-state index in [0.29, 0.717) is 6.10 Å². The maximum absolute atomic E-state index is 10.9. The third kappa shape index (κ3) is 6.73. The van der Waals surface area contributed by atoms with Crippen LogP contribution < -0.4 is 10.1 Å². The summed E-state index contributed by atoms with van der Waals surface area (Å²) in [7, 11) is 1.45. The second kappa shape index (κ2) is 11.9. The van der Waals surface area contributed by atoms with Crippen molar-refractivity contribution in [3.63, 3.8) is 0 Å². The largest absolute Gasteiger partial charge is 0.490 e. The van der Waals surface area contributed by atoms with Crippen LogP contribution in [0.5, 0.6) is 5.75 Å². The maximum atomic E-state index is 10.9. The third-order valence-corrected chi connectivity index (χ3v) is 6.26. The molecule has 2 aromatic rings. The Morgan fingerprint density at radius 2 is 1.60 bits per heavy atom. The molecule has 1 aliphatic heterocycles. The molecule has 0 radical (unpaired) electrons. The van der Waals surface area contributed by atoms with E-state index in [2.05, 4.69) is 53.4 Å². The lowest BCUT2D eigenvalue weighted by molar-refractivity contribution is -0.146. The Hall–Kier alpha value is -2.07. The molecule has 2 fully saturated rings. The van der Waals surface area contributed by atoms with E-state index in [1.165, 1.54) is 62.0 Å². The average molecular weight is 412 g/mol. The second-order valence-electron chi connectivity index (χ2n) is 8.48. The number of rotatable bonds is 4. The minimum Gasteiger partial charge on any atom is -0.490 e. The van der Waals surface area contributed by atoms with E-state index in [0.717, 1.165) is 38.1 Å². The molecule has 0 spiro atoms. The van der Waals surface area contributed by atoms with Crippen LogP contribution in [0.15, 0.2) is 36.4 Å². The lowest BCUT2D eigenvalue weighted by Crippen LogP contribution is -2.32. The van der Waals surface area contributed by atoms with Crippen molar-refractivity contribution in [1.29, 1.82) is 0 Å². The van der Waals surface area contributed by atoms with Gasteiger partial charge in [-0.1, -0.05) is 44.0 Å². The van der Waals surface area contributed by atoms with Crippen molar-refractivity contribution in [2.75, 3.05) is 20.2 Å². The van der Waals surface area contributed by atoms with Crippen LogP contribution in [0.25, 0.3) is 10.8 Å².